The average molecular weight is 258 g/mol. The fraction of sp³-hybridized carbons (Fsp3) is 0.438. The molecular formula is C16H22N2O. The van der Waals surface area contributed by atoms with E-state index in [1.807, 2.05) is 13.8 Å². The Morgan fingerprint density at radius 2 is 1.89 bits per heavy atom. The number of hydrogen-bond acceptors (Lipinski definition) is 3. The Balaban J connectivity index is 1.94. The van der Waals surface area contributed by atoms with Gasteiger partial charge in [0.2, 0.25) is 5.89 Å². The van der Waals surface area contributed by atoms with Crippen LogP contribution in [-0.4, -0.2) is 4.98 Å². The molecule has 0 aliphatic heterocycles. The number of hydrogen-bond donors (Lipinski definition) is 1. The van der Waals surface area contributed by atoms with Gasteiger partial charge in [-0.25, -0.2) is 4.98 Å². The van der Waals surface area contributed by atoms with Crippen LogP contribution in [0.1, 0.15) is 48.4 Å². The lowest BCUT2D eigenvalue weighted by Crippen LogP contribution is -2.18. The van der Waals surface area contributed by atoms with E-state index in [9.17, 15) is 0 Å². The monoisotopic (exact) mass is 258 g/mol. The highest BCUT2D eigenvalue weighted by atomic mass is 16.4. The molecule has 1 N–H and O–H groups in total. The second kappa shape index (κ2) is 6.02. The van der Waals surface area contributed by atoms with Gasteiger partial charge in [0.1, 0.15) is 5.76 Å². The number of aromatic nitrogens is 1. The third-order valence-electron chi connectivity index (χ3n) is 3.52. The van der Waals surface area contributed by atoms with E-state index in [4.69, 9.17) is 4.42 Å². The quantitative estimate of drug-likeness (QED) is 0.888. The lowest BCUT2D eigenvalue weighted by Gasteiger charge is -2.13. The summed E-state index contributed by atoms with van der Waals surface area (Å²) >= 11 is 0. The highest BCUT2D eigenvalue weighted by Crippen LogP contribution is 2.15. The number of benzene rings is 1. The van der Waals surface area contributed by atoms with Crippen molar-refractivity contribution in [2.75, 3.05) is 0 Å². The zero-order valence-corrected chi connectivity index (χ0v) is 12.2. The normalized spacial score (nSPS) is 12.6. The number of nitrogens with zero attached hydrogens (tertiary/aromatic N) is 1. The standard InChI is InChI=1S/C16H22N2O/c1-5-14-6-8-15(9-7-14)12(3)17-10-16-18-11(2)13(4)19-16/h6-9,12,17H,5,10H2,1-4H3. The maximum absolute atomic E-state index is 5.56. The van der Waals surface area contributed by atoms with Crippen molar-refractivity contribution in [1.82, 2.24) is 10.3 Å². The molecule has 2 rings (SSSR count). The predicted octanol–water partition coefficient (Wildman–Crippen LogP) is 3.70. The van der Waals surface area contributed by atoms with Gasteiger partial charge in [0.05, 0.1) is 12.2 Å². The molecule has 1 heterocycles. The molecule has 2 aromatic rings. The molecule has 3 nitrogen and oxygen atoms in total. The molecular weight excluding hydrogens is 236 g/mol. The summed E-state index contributed by atoms with van der Waals surface area (Å²) in [5.41, 5.74) is 3.63. The van der Waals surface area contributed by atoms with Crippen LogP contribution in [-0.2, 0) is 13.0 Å². The van der Waals surface area contributed by atoms with Gasteiger partial charge in [-0.05, 0) is 38.3 Å². The molecule has 0 aliphatic carbocycles. The fourth-order valence-corrected chi connectivity index (χ4v) is 2.02. The van der Waals surface area contributed by atoms with Crippen LogP contribution in [0.3, 0.4) is 0 Å². The van der Waals surface area contributed by atoms with Crippen LogP contribution in [0.15, 0.2) is 28.7 Å². The Kier molecular flexibility index (Phi) is 4.38. The minimum absolute atomic E-state index is 0.290. The SMILES string of the molecule is CCc1ccc(C(C)NCc2nc(C)c(C)o2)cc1. The molecule has 1 aromatic carbocycles. The van der Waals surface area contributed by atoms with Crippen LogP contribution in [0.4, 0.5) is 0 Å². The summed E-state index contributed by atoms with van der Waals surface area (Å²) in [6, 6.07) is 9.03. The first-order valence-electron chi connectivity index (χ1n) is 6.85. The van der Waals surface area contributed by atoms with Gasteiger partial charge in [-0.2, -0.15) is 0 Å². The van der Waals surface area contributed by atoms with E-state index in [1.54, 1.807) is 0 Å². The van der Waals surface area contributed by atoms with Crippen molar-refractivity contribution in [3.63, 3.8) is 0 Å². The summed E-state index contributed by atoms with van der Waals surface area (Å²) in [5, 5.41) is 3.44. The molecule has 1 atom stereocenters. The lowest BCUT2D eigenvalue weighted by molar-refractivity contribution is 0.432. The highest BCUT2D eigenvalue weighted by Gasteiger charge is 2.08. The lowest BCUT2D eigenvalue weighted by atomic mass is 10.1. The molecule has 0 spiro atoms. The number of rotatable bonds is 5. The molecule has 1 aromatic heterocycles. The largest absolute Gasteiger partial charge is 0.444 e. The van der Waals surface area contributed by atoms with E-state index in [0.717, 1.165) is 23.8 Å². The maximum atomic E-state index is 5.56. The topological polar surface area (TPSA) is 38.1 Å². The van der Waals surface area contributed by atoms with Crippen molar-refractivity contribution < 1.29 is 4.42 Å². The minimum Gasteiger partial charge on any atom is -0.444 e. The molecule has 0 aliphatic rings. The molecule has 0 saturated carbocycles. The molecule has 3 heteroatoms. The number of oxazole rings is 1. The van der Waals surface area contributed by atoms with Gasteiger partial charge in [-0.15, -0.1) is 0 Å². The molecule has 0 amide bonds. The zero-order chi connectivity index (χ0) is 13.8. The van der Waals surface area contributed by atoms with Crippen molar-refractivity contribution >= 4 is 0 Å². The first kappa shape index (κ1) is 13.8. The smallest absolute Gasteiger partial charge is 0.208 e. The van der Waals surface area contributed by atoms with Crippen molar-refractivity contribution in [3.05, 3.63) is 52.7 Å². The Morgan fingerprint density at radius 1 is 1.21 bits per heavy atom. The second-order valence-corrected chi connectivity index (χ2v) is 4.95. The van der Waals surface area contributed by atoms with Crippen LogP contribution in [0, 0.1) is 13.8 Å². The first-order chi connectivity index (χ1) is 9.10. The Labute approximate surface area is 115 Å². The molecule has 19 heavy (non-hydrogen) atoms. The molecule has 1 unspecified atom stereocenters. The van der Waals surface area contributed by atoms with Gasteiger partial charge >= 0.3 is 0 Å². The summed E-state index contributed by atoms with van der Waals surface area (Å²) < 4.78 is 5.56. The van der Waals surface area contributed by atoms with E-state index in [2.05, 4.69) is 48.4 Å². The summed E-state index contributed by atoms with van der Waals surface area (Å²) in [4.78, 5) is 4.37. The zero-order valence-electron chi connectivity index (χ0n) is 12.2. The third-order valence-corrected chi connectivity index (χ3v) is 3.52. The van der Waals surface area contributed by atoms with Crippen LogP contribution in [0.5, 0.6) is 0 Å². The van der Waals surface area contributed by atoms with Crippen molar-refractivity contribution in [2.24, 2.45) is 0 Å². The van der Waals surface area contributed by atoms with Crippen LogP contribution in [0.2, 0.25) is 0 Å². The van der Waals surface area contributed by atoms with Gasteiger partial charge in [0.15, 0.2) is 0 Å². The summed E-state index contributed by atoms with van der Waals surface area (Å²) in [6.07, 6.45) is 1.08. The predicted molar refractivity (Wildman–Crippen MR) is 77.1 cm³/mol. The Morgan fingerprint density at radius 3 is 2.42 bits per heavy atom. The second-order valence-electron chi connectivity index (χ2n) is 4.95. The van der Waals surface area contributed by atoms with Crippen molar-refractivity contribution in [2.45, 2.75) is 46.7 Å². The van der Waals surface area contributed by atoms with E-state index in [-0.39, 0.29) is 0 Å². The Hall–Kier alpha value is -1.61. The van der Waals surface area contributed by atoms with Crippen molar-refractivity contribution in [1.29, 1.82) is 0 Å². The summed E-state index contributed by atoms with van der Waals surface area (Å²) in [5.74, 6) is 1.66. The van der Waals surface area contributed by atoms with E-state index >= 15 is 0 Å². The van der Waals surface area contributed by atoms with E-state index in [1.165, 1.54) is 11.1 Å². The average Bonchev–Trinajstić information content (AvgIpc) is 2.75. The molecule has 0 saturated heterocycles. The van der Waals surface area contributed by atoms with Crippen LogP contribution in [0.25, 0.3) is 0 Å². The molecule has 0 fully saturated rings. The van der Waals surface area contributed by atoms with Crippen LogP contribution >= 0.6 is 0 Å². The Bertz CT molecular complexity index is 509. The van der Waals surface area contributed by atoms with E-state index in [0.29, 0.717) is 12.6 Å². The number of aryl methyl sites for hydroxylation is 3. The van der Waals surface area contributed by atoms with Gasteiger partial charge in [0, 0.05) is 6.04 Å². The summed E-state index contributed by atoms with van der Waals surface area (Å²) in [6.45, 7) is 8.90. The highest BCUT2D eigenvalue weighted by molar-refractivity contribution is 5.24. The van der Waals surface area contributed by atoms with Crippen molar-refractivity contribution in [3.8, 4) is 0 Å². The van der Waals surface area contributed by atoms with Crippen LogP contribution < -0.4 is 5.32 Å². The number of nitrogens with one attached hydrogen (secondary N) is 1. The van der Waals surface area contributed by atoms with Gasteiger partial charge in [0.25, 0.3) is 0 Å². The minimum atomic E-state index is 0.290. The maximum Gasteiger partial charge on any atom is 0.208 e. The molecule has 102 valence electrons. The summed E-state index contributed by atoms with van der Waals surface area (Å²) in [7, 11) is 0. The molecule has 0 radical (unpaired) electrons. The first-order valence-corrected chi connectivity index (χ1v) is 6.85. The third kappa shape index (κ3) is 3.44. The fourth-order valence-electron chi connectivity index (χ4n) is 2.02. The van der Waals surface area contributed by atoms with E-state index < -0.39 is 0 Å². The van der Waals surface area contributed by atoms with Gasteiger partial charge < -0.3 is 9.73 Å². The molecule has 0 bridgehead atoms. The van der Waals surface area contributed by atoms with Gasteiger partial charge in [-0.3, -0.25) is 0 Å². The van der Waals surface area contributed by atoms with Gasteiger partial charge in [-0.1, -0.05) is 31.2 Å².